The minimum atomic E-state index is 0.101. The molecule has 0 saturated carbocycles. The highest BCUT2D eigenvalue weighted by Crippen LogP contribution is 1.88. The molecular formula is C10H18O2. The van der Waals surface area contributed by atoms with Crippen molar-refractivity contribution >= 4 is 0 Å². The molecule has 0 rings (SSSR count). The Morgan fingerprint density at radius 1 is 1.17 bits per heavy atom. The van der Waals surface area contributed by atoms with Crippen LogP contribution in [0.25, 0.3) is 0 Å². The van der Waals surface area contributed by atoms with E-state index in [9.17, 15) is 0 Å². The Kier molecular flexibility index (Phi) is 9.88. The molecule has 0 spiro atoms. The molecule has 0 aromatic rings. The molecule has 0 fully saturated rings. The topological polar surface area (TPSA) is 29.5 Å². The molecule has 2 heteroatoms. The van der Waals surface area contributed by atoms with Crippen LogP contribution < -0.4 is 0 Å². The maximum absolute atomic E-state index is 8.38. The van der Waals surface area contributed by atoms with E-state index in [1.54, 1.807) is 0 Å². The Morgan fingerprint density at radius 2 is 1.92 bits per heavy atom. The molecule has 0 aliphatic rings. The van der Waals surface area contributed by atoms with Crippen LogP contribution in [0.2, 0.25) is 0 Å². The van der Waals surface area contributed by atoms with Crippen LogP contribution in [0.3, 0.4) is 0 Å². The summed E-state index contributed by atoms with van der Waals surface area (Å²) in [7, 11) is 0. The van der Waals surface area contributed by atoms with Gasteiger partial charge in [-0.1, -0.05) is 31.2 Å². The van der Waals surface area contributed by atoms with Gasteiger partial charge < -0.3 is 9.84 Å². The summed E-state index contributed by atoms with van der Waals surface area (Å²) < 4.78 is 5.03. The van der Waals surface area contributed by atoms with Crippen molar-refractivity contribution in [3.05, 3.63) is 24.3 Å². The average Bonchev–Trinajstić information content (AvgIpc) is 2.10. The van der Waals surface area contributed by atoms with Gasteiger partial charge in [-0.2, -0.15) is 0 Å². The summed E-state index contributed by atoms with van der Waals surface area (Å²) in [6.07, 6.45) is 10.4. The molecule has 0 aromatic heterocycles. The minimum absolute atomic E-state index is 0.101. The Morgan fingerprint density at radius 3 is 2.58 bits per heavy atom. The van der Waals surface area contributed by atoms with Crippen molar-refractivity contribution in [1.29, 1.82) is 0 Å². The normalized spacial score (nSPS) is 11.8. The molecule has 2 nitrogen and oxygen atoms in total. The Balaban J connectivity index is 3.08. The third-order valence-electron chi connectivity index (χ3n) is 1.29. The van der Waals surface area contributed by atoms with E-state index in [0.29, 0.717) is 13.2 Å². The number of hydrogen-bond acceptors (Lipinski definition) is 2. The van der Waals surface area contributed by atoms with E-state index >= 15 is 0 Å². The van der Waals surface area contributed by atoms with Gasteiger partial charge in [0.15, 0.2) is 0 Å². The third-order valence-corrected chi connectivity index (χ3v) is 1.29. The van der Waals surface area contributed by atoms with Crippen LogP contribution in [-0.2, 0) is 4.74 Å². The van der Waals surface area contributed by atoms with Crippen molar-refractivity contribution in [2.24, 2.45) is 0 Å². The number of allylic oxidation sites excluding steroid dienone is 3. The molecule has 0 aliphatic carbocycles. The summed E-state index contributed by atoms with van der Waals surface area (Å²) in [6, 6.07) is 0. The number of aliphatic hydroxyl groups is 1. The van der Waals surface area contributed by atoms with E-state index < -0.39 is 0 Å². The minimum Gasteiger partial charge on any atom is -0.394 e. The monoisotopic (exact) mass is 170 g/mol. The van der Waals surface area contributed by atoms with E-state index in [1.807, 2.05) is 6.08 Å². The van der Waals surface area contributed by atoms with Crippen molar-refractivity contribution in [1.82, 2.24) is 0 Å². The first kappa shape index (κ1) is 11.4. The van der Waals surface area contributed by atoms with E-state index in [1.165, 1.54) is 0 Å². The molecule has 0 heterocycles. The molecule has 0 amide bonds. The third kappa shape index (κ3) is 9.40. The molecule has 0 atom stereocenters. The first-order valence-corrected chi connectivity index (χ1v) is 4.40. The highest BCUT2D eigenvalue weighted by molar-refractivity contribution is 4.92. The lowest BCUT2D eigenvalue weighted by Crippen LogP contribution is -1.97. The molecule has 0 aromatic carbocycles. The number of hydrogen-bond donors (Lipinski definition) is 1. The lowest BCUT2D eigenvalue weighted by atomic mass is 10.3. The summed E-state index contributed by atoms with van der Waals surface area (Å²) in [5, 5.41) is 8.38. The number of ether oxygens (including phenoxy) is 1. The first-order valence-electron chi connectivity index (χ1n) is 4.40. The second kappa shape index (κ2) is 10.4. The van der Waals surface area contributed by atoms with E-state index in [-0.39, 0.29) is 6.61 Å². The summed E-state index contributed by atoms with van der Waals surface area (Å²) in [5.74, 6) is 0. The van der Waals surface area contributed by atoms with Crippen molar-refractivity contribution < 1.29 is 9.84 Å². The molecular weight excluding hydrogens is 152 g/mol. The smallest absolute Gasteiger partial charge is 0.0701 e. The summed E-state index contributed by atoms with van der Waals surface area (Å²) in [6.45, 7) is 3.24. The maximum Gasteiger partial charge on any atom is 0.0701 e. The Bertz CT molecular complexity index is 128. The predicted octanol–water partition coefficient (Wildman–Crippen LogP) is 1.91. The van der Waals surface area contributed by atoms with E-state index in [2.05, 4.69) is 25.2 Å². The Labute approximate surface area is 74.6 Å². The molecule has 70 valence electrons. The molecule has 0 bridgehead atoms. The van der Waals surface area contributed by atoms with Crippen molar-refractivity contribution in [3.63, 3.8) is 0 Å². The lowest BCUT2D eigenvalue weighted by molar-refractivity contribution is 0.112. The standard InChI is InChI=1S/C10H18O2/c1-2-3-4-5-6-7-9-12-10-8-11/h3-4,6-7,11H,2,5,8-10H2,1H3/b4-3+,7-6+. The summed E-state index contributed by atoms with van der Waals surface area (Å²) in [5.41, 5.74) is 0. The Hall–Kier alpha value is -0.600. The molecule has 0 aliphatic heterocycles. The van der Waals surface area contributed by atoms with Gasteiger partial charge in [0.1, 0.15) is 0 Å². The van der Waals surface area contributed by atoms with Gasteiger partial charge in [0.25, 0.3) is 0 Å². The van der Waals surface area contributed by atoms with Crippen molar-refractivity contribution in [2.45, 2.75) is 19.8 Å². The van der Waals surface area contributed by atoms with Crippen LogP contribution in [0.4, 0.5) is 0 Å². The quantitative estimate of drug-likeness (QED) is 0.467. The highest BCUT2D eigenvalue weighted by Gasteiger charge is 1.79. The maximum atomic E-state index is 8.38. The fourth-order valence-corrected chi connectivity index (χ4v) is 0.722. The van der Waals surface area contributed by atoms with Crippen LogP contribution in [-0.4, -0.2) is 24.9 Å². The van der Waals surface area contributed by atoms with E-state index in [0.717, 1.165) is 12.8 Å². The van der Waals surface area contributed by atoms with Crippen LogP contribution >= 0.6 is 0 Å². The number of aliphatic hydroxyl groups excluding tert-OH is 1. The lowest BCUT2D eigenvalue weighted by Gasteiger charge is -1.94. The van der Waals surface area contributed by atoms with Gasteiger partial charge in [-0.3, -0.25) is 0 Å². The fraction of sp³-hybridized carbons (Fsp3) is 0.600. The molecule has 0 unspecified atom stereocenters. The zero-order chi connectivity index (χ0) is 9.07. The van der Waals surface area contributed by atoms with Crippen LogP contribution in [0, 0.1) is 0 Å². The SMILES string of the molecule is CC/C=C/C/C=C/COCCO. The van der Waals surface area contributed by atoms with Crippen LogP contribution in [0.1, 0.15) is 19.8 Å². The van der Waals surface area contributed by atoms with Gasteiger partial charge in [-0.15, -0.1) is 0 Å². The molecule has 0 radical (unpaired) electrons. The second-order valence-electron chi connectivity index (χ2n) is 2.39. The van der Waals surface area contributed by atoms with Gasteiger partial charge >= 0.3 is 0 Å². The van der Waals surface area contributed by atoms with Crippen molar-refractivity contribution in [2.75, 3.05) is 19.8 Å². The first-order chi connectivity index (χ1) is 5.91. The second-order valence-corrected chi connectivity index (χ2v) is 2.39. The van der Waals surface area contributed by atoms with Crippen LogP contribution in [0.5, 0.6) is 0 Å². The summed E-state index contributed by atoms with van der Waals surface area (Å²) >= 11 is 0. The molecule has 12 heavy (non-hydrogen) atoms. The predicted molar refractivity (Wildman–Crippen MR) is 51.1 cm³/mol. The molecule has 0 saturated heterocycles. The fourth-order valence-electron chi connectivity index (χ4n) is 0.722. The van der Waals surface area contributed by atoms with Gasteiger partial charge in [-0.25, -0.2) is 0 Å². The number of rotatable bonds is 7. The largest absolute Gasteiger partial charge is 0.394 e. The van der Waals surface area contributed by atoms with Crippen LogP contribution in [0.15, 0.2) is 24.3 Å². The van der Waals surface area contributed by atoms with Gasteiger partial charge in [0.2, 0.25) is 0 Å². The zero-order valence-corrected chi connectivity index (χ0v) is 7.70. The zero-order valence-electron chi connectivity index (χ0n) is 7.70. The van der Waals surface area contributed by atoms with E-state index in [4.69, 9.17) is 9.84 Å². The highest BCUT2D eigenvalue weighted by atomic mass is 16.5. The average molecular weight is 170 g/mol. The molecule has 1 N–H and O–H groups in total. The summed E-state index contributed by atoms with van der Waals surface area (Å²) in [4.78, 5) is 0. The van der Waals surface area contributed by atoms with Gasteiger partial charge in [0, 0.05) is 0 Å². The van der Waals surface area contributed by atoms with Gasteiger partial charge in [-0.05, 0) is 12.8 Å². The van der Waals surface area contributed by atoms with Crippen molar-refractivity contribution in [3.8, 4) is 0 Å². The van der Waals surface area contributed by atoms with Gasteiger partial charge in [0.05, 0.1) is 19.8 Å².